The highest BCUT2D eigenvalue weighted by Gasteiger charge is 2.45. The molecule has 2 fully saturated rings. The van der Waals surface area contributed by atoms with Gasteiger partial charge in [-0.2, -0.15) is 0 Å². The zero-order valence-electron chi connectivity index (χ0n) is 18.3. The molecule has 5 rings (SSSR count). The summed E-state index contributed by atoms with van der Waals surface area (Å²) in [5, 5.41) is 15.4. The van der Waals surface area contributed by atoms with Crippen LogP contribution in [0.5, 0.6) is 5.75 Å². The van der Waals surface area contributed by atoms with Gasteiger partial charge in [-0.05, 0) is 54.7 Å². The first kappa shape index (κ1) is 21.2. The molecule has 0 spiro atoms. The van der Waals surface area contributed by atoms with Gasteiger partial charge in [0, 0.05) is 12.5 Å². The first-order valence-corrected chi connectivity index (χ1v) is 11.5. The number of aromatic hydroxyl groups is 1. The molecular weight excluding hydrogens is 418 g/mol. The van der Waals surface area contributed by atoms with Crippen molar-refractivity contribution in [1.82, 2.24) is 10.2 Å². The smallest absolute Gasteiger partial charge is 0.256 e. The van der Waals surface area contributed by atoms with E-state index in [1.807, 2.05) is 18.2 Å². The van der Waals surface area contributed by atoms with Crippen LogP contribution >= 0.6 is 0 Å². The largest absolute Gasteiger partial charge is 0.508 e. The van der Waals surface area contributed by atoms with E-state index in [-0.39, 0.29) is 35.4 Å². The van der Waals surface area contributed by atoms with Gasteiger partial charge >= 0.3 is 0 Å². The Kier molecular flexibility index (Phi) is 5.62. The topological polar surface area (TPSA) is 98.7 Å². The molecule has 0 bridgehead atoms. The second-order valence-electron chi connectivity index (χ2n) is 9.05. The van der Waals surface area contributed by atoms with Gasteiger partial charge in [0.25, 0.3) is 5.91 Å². The summed E-state index contributed by atoms with van der Waals surface area (Å²) in [6.07, 6.45) is 8.27. The number of benzene rings is 2. The van der Waals surface area contributed by atoms with Crippen molar-refractivity contribution >= 4 is 35.6 Å². The average molecular weight is 446 g/mol. The van der Waals surface area contributed by atoms with E-state index in [0.717, 1.165) is 36.8 Å². The number of carbonyl (C=O) groups excluding carboxylic acids is 3. The Hall–Kier alpha value is -3.61. The predicted octanol–water partition coefficient (Wildman–Crippen LogP) is 3.40. The molecule has 0 aromatic heterocycles. The number of carbonyl (C=O) groups is 3. The van der Waals surface area contributed by atoms with Gasteiger partial charge in [-0.15, -0.1) is 0 Å². The first-order chi connectivity index (χ1) is 16.0. The molecule has 0 unspecified atom stereocenters. The van der Waals surface area contributed by atoms with Crippen molar-refractivity contribution in [3.05, 3.63) is 59.2 Å². The first-order valence-electron chi connectivity index (χ1n) is 11.5. The second-order valence-corrected chi connectivity index (χ2v) is 9.05. The fraction of sp³-hybridized carbons (Fsp3) is 0.346. The molecule has 2 aromatic carbocycles. The van der Waals surface area contributed by atoms with Crippen LogP contribution in [0, 0.1) is 5.92 Å². The molecule has 1 aliphatic carbocycles. The highest BCUT2D eigenvalue weighted by Crippen LogP contribution is 2.31. The van der Waals surface area contributed by atoms with Crippen molar-refractivity contribution in [3.8, 4) is 5.75 Å². The van der Waals surface area contributed by atoms with Gasteiger partial charge in [0.05, 0.1) is 17.3 Å². The maximum Gasteiger partial charge on any atom is 0.256 e. The second kappa shape index (κ2) is 8.73. The lowest BCUT2D eigenvalue weighted by Crippen LogP contribution is -2.52. The van der Waals surface area contributed by atoms with Gasteiger partial charge in [-0.25, -0.2) is 0 Å². The molecule has 2 aliphatic heterocycles. The van der Waals surface area contributed by atoms with Gasteiger partial charge in [-0.3, -0.25) is 14.4 Å². The maximum atomic E-state index is 13.4. The minimum atomic E-state index is -0.703. The molecule has 3 amide bonds. The van der Waals surface area contributed by atoms with Crippen LogP contribution in [0.4, 0.5) is 5.69 Å². The van der Waals surface area contributed by atoms with Gasteiger partial charge in [0.1, 0.15) is 11.8 Å². The molecule has 7 heteroatoms. The third-order valence-corrected chi connectivity index (χ3v) is 6.87. The zero-order valence-corrected chi connectivity index (χ0v) is 18.3. The van der Waals surface area contributed by atoms with Crippen LogP contribution in [-0.4, -0.2) is 46.4 Å². The molecular formula is C26H27N3O4. The number of hydrogen-bond donors (Lipinski definition) is 3. The Morgan fingerprint density at radius 3 is 2.45 bits per heavy atom. The molecule has 3 N–H and O–H groups in total. The number of fused-ring (bicyclic) bond motifs is 2. The van der Waals surface area contributed by atoms with Crippen molar-refractivity contribution < 1.29 is 19.5 Å². The van der Waals surface area contributed by atoms with Gasteiger partial charge in [0.15, 0.2) is 0 Å². The minimum Gasteiger partial charge on any atom is -0.508 e. The summed E-state index contributed by atoms with van der Waals surface area (Å²) in [7, 11) is 0. The lowest BCUT2D eigenvalue weighted by molar-refractivity contribution is -0.126. The average Bonchev–Trinajstić information content (AvgIpc) is 3.47. The van der Waals surface area contributed by atoms with E-state index in [1.165, 1.54) is 0 Å². The zero-order chi connectivity index (χ0) is 22.9. The number of nitrogens with one attached hydrogen (secondary N) is 2. The summed E-state index contributed by atoms with van der Waals surface area (Å²) >= 11 is 0. The van der Waals surface area contributed by atoms with Crippen LogP contribution in [0.25, 0.3) is 12.2 Å². The molecule has 3 aliphatic rings. The fourth-order valence-corrected chi connectivity index (χ4v) is 5.07. The number of phenolic OH excluding ortho intramolecular Hbond substituents is 1. The van der Waals surface area contributed by atoms with Crippen molar-refractivity contribution in [3.63, 3.8) is 0 Å². The molecule has 2 heterocycles. The Morgan fingerprint density at radius 1 is 1.00 bits per heavy atom. The van der Waals surface area contributed by atoms with Crippen LogP contribution in [0.1, 0.15) is 53.6 Å². The monoisotopic (exact) mass is 445 g/mol. The predicted molar refractivity (Wildman–Crippen MR) is 125 cm³/mol. The Balaban J connectivity index is 1.35. The van der Waals surface area contributed by atoms with E-state index < -0.39 is 6.04 Å². The van der Waals surface area contributed by atoms with E-state index >= 15 is 0 Å². The van der Waals surface area contributed by atoms with E-state index in [0.29, 0.717) is 24.2 Å². The van der Waals surface area contributed by atoms with Crippen LogP contribution in [0.3, 0.4) is 0 Å². The lowest BCUT2D eigenvalue weighted by atomic mass is 10.0. The Labute approximate surface area is 192 Å². The molecule has 2 atom stereocenters. The van der Waals surface area contributed by atoms with E-state index in [2.05, 4.69) is 10.6 Å². The number of rotatable bonds is 4. The Bertz CT molecular complexity index is 1120. The van der Waals surface area contributed by atoms with Crippen molar-refractivity contribution in [2.24, 2.45) is 5.92 Å². The number of nitrogens with zero attached hydrogens (tertiary/aromatic N) is 1. The quantitative estimate of drug-likeness (QED) is 0.628. The molecule has 170 valence electrons. The molecule has 2 aromatic rings. The van der Waals surface area contributed by atoms with Crippen molar-refractivity contribution in [2.45, 2.75) is 44.2 Å². The lowest BCUT2D eigenvalue weighted by Gasteiger charge is -2.25. The molecule has 7 nitrogen and oxygen atoms in total. The number of amides is 3. The standard InChI is InChI=1S/C26H27N3O4/c30-19-10-7-16(8-11-19)5-6-17-9-12-21-20(15-17)26(33)29-14-13-22(23(29)25(32)27-21)28-24(31)18-3-1-2-4-18/h5-12,15,18,22-23,30H,1-4,13-14H2,(H,27,32)(H,28,31)/t22-,23-/m0/s1. The summed E-state index contributed by atoms with van der Waals surface area (Å²) < 4.78 is 0. The number of hydrogen-bond acceptors (Lipinski definition) is 4. The van der Waals surface area contributed by atoms with Crippen LogP contribution < -0.4 is 10.6 Å². The van der Waals surface area contributed by atoms with Gasteiger partial charge < -0.3 is 20.6 Å². The van der Waals surface area contributed by atoms with Crippen LogP contribution in [0.15, 0.2) is 42.5 Å². The van der Waals surface area contributed by atoms with E-state index in [9.17, 15) is 19.5 Å². The molecule has 0 radical (unpaired) electrons. The normalized spacial score (nSPS) is 22.7. The Morgan fingerprint density at radius 2 is 1.70 bits per heavy atom. The van der Waals surface area contributed by atoms with E-state index in [1.54, 1.807) is 41.3 Å². The SMILES string of the molecule is O=C(N[C@H]1CCN2C(=O)c3cc(C=Cc4ccc(O)cc4)ccc3NC(=O)[C@H]12)C1CCCC1. The highest BCUT2D eigenvalue weighted by molar-refractivity contribution is 6.11. The van der Waals surface area contributed by atoms with Crippen LogP contribution in [0.2, 0.25) is 0 Å². The number of anilines is 1. The summed E-state index contributed by atoms with van der Waals surface area (Å²) in [4.78, 5) is 40.7. The summed E-state index contributed by atoms with van der Waals surface area (Å²) in [5.41, 5.74) is 2.68. The number of phenols is 1. The summed E-state index contributed by atoms with van der Waals surface area (Å²) in [6.45, 7) is 0.430. The third kappa shape index (κ3) is 4.23. The maximum absolute atomic E-state index is 13.4. The third-order valence-electron chi connectivity index (χ3n) is 6.87. The molecule has 1 saturated heterocycles. The van der Waals surface area contributed by atoms with Gasteiger partial charge in [-0.1, -0.05) is 43.2 Å². The molecule has 33 heavy (non-hydrogen) atoms. The van der Waals surface area contributed by atoms with Crippen molar-refractivity contribution in [2.75, 3.05) is 11.9 Å². The van der Waals surface area contributed by atoms with Crippen LogP contribution in [-0.2, 0) is 9.59 Å². The summed E-state index contributed by atoms with van der Waals surface area (Å²) in [5.74, 6) is -0.238. The fourth-order valence-electron chi connectivity index (χ4n) is 5.07. The summed E-state index contributed by atoms with van der Waals surface area (Å²) in [6, 6.07) is 11.1. The minimum absolute atomic E-state index is 0.00279. The van der Waals surface area contributed by atoms with Gasteiger partial charge in [0.2, 0.25) is 11.8 Å². The van der Waals surface area contributed by atoms with Crippen molar-refractivity contribution in [1.29, 1.82) is 0 Å². The van der Waals surface area contributed by atoms with E-state index in [4.69, 9.17) is 0 Å². The highest BCUT2D eigenvalue weighted by atomic mass is 16.3. The molecule has 1 saturated carbocycles.